The van der Waals surface area contributed by atoms with E-state index in [0.29, 0.717) is 34.5 Å². The molecule has 5 rings (SSSR count). The van der Waals surface area contributed by atoms with Crippen LogP contribution in [0.3, 0.4) is 0 Å². The lowest BCUT2D eigenvalue weighted by Crippen LogP contribution is -2.49. The van der Waals surface area contributed by atoms with Crippen molar-refractivity contribution in [3.63, 3.8) is 0 Å². The van der Waals surface area contributed by atoms with Gasteiger partial charge in [-0.25, -0.2) is 15.0 Å². The van der Waals surface area contributed by atoms with Gasteiger partial charge in [0.25, 0.3) is 0 Å². The number of aromatic nitrogens is 4. The summed E-state index contributed by atoms with van der Waals surface area (Å²) >= 11 is 12.6. The Morgan fingerprint density at radius 2 is 1.78 bits per heavy atom. The van der Waals surface area contributed by atoms with Crippen molar-refractivity contribution in [2.75, 3.05) is 49.5 Å². The molecule has 1 saturated heterocycles. The molecule has 10 heteroatoms. The standard InChI is InChI=1S/C26H29Cl2N7O/c1-2-22-32-24-25(30-17-31-26(24)35(22)18-7-4-3-5-8-18)29-15-19(36)16-33-11-13-34(14-12-33)21-10-6-9-20(27)23(21)28/h3-10,17,19,36H,2,11-16H2,1H3,(H,29,30,31). The molecular formula is C26H29Cl2N7O. The van der Waals surface area contributed by atoms with Crippen molar-refractivity contribution in [1.29, 1.82) is 0 Å². The molecule has 0 bridgehead atoms. The first-order valence-corrected chi connectivity index (χ1v) is 12.9. The molecule has 2 aromatic heterocycles. The summed E-state index contributed by atoms with van der Waals surface area (Å²) in [5.41, 5.74) is 3.43. The number of piperazine rings is 1. The third kappa shape index (κ3) is 5.13. The van der Waals surface area contributed by atoms with Crippen LogP contribution in [0.25, 0.3) is 16.9 Å². The predicted molar refractivity (Wildman–Crippen MR) is 146 cm³/mol. The van der Waals surface area contributed by atoms with Crippen molar-refractivity contribution in [1.82, 2.24) is 24.4 Å². The number of para-hydroxylation sites is 1. The molecule has 0 saturated carbocycles. The summed E-state index contributed by atoms with van der Waals surface area (Å²) < 4.78 is 2.06. The number of fused-ring (bicyclic) bond motifs is 1. The van der Waals surface area contributed by atoms with Crippen LogP contribution in [0.2, 0.25) is 10.0 Å². The number of rotatable bonds is 8. The molecule has 8 nitrogen and oxygen atoms in total. The number of anilines is 2. The predicted octanol–water partition coefficient (Wildman–Crippen LogP) is 4.28. The van der Waals surface area contributed by atoms with Gasteiger partial charge in [0, 0.05) is 51.4 Å². The molecular weight excluding hydrogens is 497 g/mol. The van der Waals surface area contributed by atoms with Gasteiger partial charge < -0.3 is 15.3 Å². The van der Waals surface area contributed by atoms with Crippen LogP contribution in [0.1, 0.15) is 12.7 Å². The van der Waals surface area contributed by atoms with E-state index < -0.39 is 6.10 Å². The molecule has 1 aliphatic heterocycles. The highest BCUT2D eigenvalue weighted by molar-refractivity contribution is 6.43. The molecule has 188 valence electrons. The largest absolute Gasteiger partial charge is 0.390 e. The molecule has 4 aromatic rings. The first-order chi connectivity index (χ1) is 17.5. The van der Waals surface area contributed by atoms with Gasteiger partial charge in [0.05, 0.1) is 21.8 Å². The van der Waals surface area contributed by atoms with E-state index in [1.54, 1.807) is 6.07 Å². The minimum absolute atomic E-state index is 0.367. The van der Waals surface area contributed by atoms with Gasteiger partial charge in [0.2, 0.25) is 0 Å². The Labute approximate surface area is 220 Å². The summed E-state index contributed by atoms with van der Waals surface area (Å²) in [5, 5.41) is 15.2. The van der Waals surface area contributed by atoms with Crippen molar-refractivity contribution < 1.29 is 5.11 Å². The number of aliphatic hydroxyl groups is 1. The maximum Gasteiger partial charge on any atom is 0.170 e. The van der Waals surface area contributed by atoms with Crippen LogP contribution in [0, 0.1) is 0 Å². The van der Waals surface area contributed by atoms with E-state index in [2.05, 4.69) is 36.6 Å². The number of nitrogens with one attached hydrogen (secondary N) is 1. The SMILES string of the molecule is CCc1nc2c(NCC(O)CN3CCN(c4cccc(Cl)c4Cl)CC3)ncnc2n1-c1ccccc1. The van der Waals surface area contributed by atoms with Crippen molar-refractivity contribution in [2.24, 2.45) is 0 Å². The molecule has 0 amide bonds. The van der Waals surface area contributed by atoms with Crippen LogP contribution in [0.4, 0.5) is 11.5 Å². The Morgan fingerprint density at radius 1 is 1.00 bits per heavy atom. The number of hydrogen-bond acceptors (Lipinski definition) is 7. The minimum atomic E-state index is -0.557. The second-order valence-corrected chi connectivity index (χ2v) is 9.63. The molecule has 2 aromatic carbocycles. The molecule has 2 N–H and O–H groups in total. The van der Waals surface area contributed by atoms with Crippen LogP contribution >= 0.6 is 23.2 Å². The fourth-order valence-electron chi connectivity index (χ4n) is 4.64. The van der Waals surface area contributed by atoms with Gasteiger partial charge >= 0.3 is 0 Å². The van der Waals surface area contributed by atoms with Crippen molar-refractivity contribution >= 4 is 45.9 Å². The fraction of sp³-hybridized carbons (Fsp3) is 0.346. The van der Waals surface area contributed by atoms with Gasteiger partial charge in [-0.1, -0.05) is 54.4 Å². The summed E-state index contributed by atoms with van der Waals surface area (Å²) in [6.07, 6.45) is 1.75. The lowest BCUT2D eigenvalue weighted by molar-refractivity contribution is 0.118. The smallest absolute Gasteiger partial charge is 0.170 e. The Hall–Kier alpha value is -2.91. The number of imidazole rings is 1. The van der Waals surface area contributed by atoms with Crippen molar-refractivity contribution in [3.8, 4) is 5.69 Å². The van der Waals surface area contributed by atoms with Crippen LogP contribution < -0.4 is 10.2 Å². The number of halogens is 2. The minimum Gasteiger partial charge on any atom is -0.390 e. The highest BCUT2D eigenvalue weighted by Gasteiger charge is 2.22. The molecule has 1 aliphatic rings. The molecule has 0 aliphatic carbocycles. The van der Waals surface area contributed by atoms with E-state index in [4.69, 9.17) is 28.2 Å². The molecule has 1 atom stereocenters. The zero-order valence-corrected chi connectivity index (χ0v) is 21.6. The lowest BCUT2D eigenvalue weighted by atomic mass is 10.2. The first kappa shape index (κ1) is 24.8. The molecule has 36 heavy (non-hydrogen) atoms. The number of benzene rings is 2. The average molecular weight is 526 g/mol. The summed E-state index contributed by atoms with van der Waals surface area (Å²) in [6.45, 7) is 6.32. The van der Waals surface area contributed by atoms with E-state index in [1.807, 2.05) is 42.5 Å². The Bertz CT molecular complexity index is 1320. The van der Waals surface area contributed by atoms with Gasteiger partial charge in [-0.3, -0.25) is 9.47 Å². The van der Waals surface area contributed by atoms with E-state index in [0.717, 1.165) is 55.4 Å². The number of nitrogens with zero attached hydrogens (tertiary/aromatic N) is 6. The molecule has 0 spiro atoms. The number of aliphatic hydroxyl groups excluding tert-OH is 1. The van der Waals surface area contributed by atoms with Crippen molar-refractivity contribution in [2.45, 2.75) is 19.4 Å². The van der Waals surface area contributed by atoms with Gasteiger partial charge in [-0.15, -0.1) is 0 Å². The van der Waals surface area contributed by atoms with E-state index >= 15 is 0 Å². The molecule has 0 radical (unpaired) electrons. The molecule has 1 unspecified atom stereocenters. The maximum atomic E-state index is 10.8. The molecule has 1 fully saturated rings. The quantitative estimate of drug-likeness (QED) is 0.355. The summed E-state index contributed by atoms with van der Waals surface area (Å²) in [6, 6.07) is 15.8. The highest BCUT2D eigenvalue weighted by atomic mass is 35.5. The van der Waals surface area contributed by atoms with E-state index in [9.17, 15) is 5.11 Å². The maximum absolute atomic E-state index is 10.8. The number of aryl methyl sites for hydroxylation is 1. The summed E-state index contributed by atoms with van der Waals surface area (Å²) in [7, 11) is 0. The monoisotopic (exact) mass is 525 g/mol. The van der Waals surface area contributed by atoms with E-state index in [1.165, 1.54) is 6.33 Å². The zero-order chi connectivity index (χ0) is 25.1. The topological polar surface area (TPSA) is 82.3 Å². The Balaban J connectivity index is 1.21. The third-order valence-corrected chi connectivity index (χ3v) is 7.27. The van der Waals surface area contributed by atoms with Crippen molar-refractivity contribution in [3.05, 3.63) is 70.7 Å². The van der Waals surface area contributed by atoms with Crippen LogP contribution in [0.5, 0.6) is 0 Å². The summed E-state index contributed by atoms with van der Waals surface area (Å²) in [4.78, 5) is 18.2. The Kier molecular flexibility index (Phi) is 7.57. The van der Waals surface area contributed by atoms with E-state index in [-0.39, 0.29) is 0 Å². The highest BCUT2D eigenvalue weighted by Crippen LogP contribution is 2.33. The second kappa shape index (κ2) is 11.0. The first-order valence-electron chi connectivity index (χ1n) is 12.2. The molecule has 3 heterocycles. The Morgan fingerprint density at radius 3 is 2.53 bits per heavy atom. The van der Waals surface area contributed by atoms with Gasteiger partial charge in [0.1, 0.15) is 12.2 Å². The van der Waals surface area contributed by atoms with Crippen LogP contribution in [-0.2, 0) is 6.42 Å². The van der Waals surface area contributed by atoms with Gasteiger partial charge in [-0.2, -0.15) is 0 Å². The zero-order valence-electron chi connectivity index (χ0n) is 20.1. The van der Waals surface area contributed by atoms with Gasteiger partial charge in [-0.05, 0) is 24.3 Å². The van der Waals surface area contributed by atoms with Crippen LogP contribution in [-0.4, -0.2) is 74.9 Å². The third-order valence-electron chi connectivity index (χ3n) is 6.46. The fourth-order valence-corrected chi connectivity index (χ4v) is 5.05. The number of hydrogen-bond donors (Lipinski definition) is 2. The van der Waals surface area contributed by atoms with Gasteiger partial charge in [0.15, 0.2) is 17.0 Å². The second-order valence-electron chi connectivity index (χ2n) is 8.84. The normalized spacial score (nSPS) is 15.4. The summed E-state index contributed by atoms with van der Waals surface area (Å²) in [5.74, 6) is 1.54. The number of β-amino-alcohol motifs (C(OH)–C–C–N with tert-alkyl or cyclic N) is 1. The van der Waals surface area contributed by atoms with Crippen LogP contribution in [0.15, 0.2) is 54.9 Å². The average Bonchev–Trinajstić information content (AvgIpc) is 3.29. The lowest BCUT2D eigenvalue weighted by Gasteiger charge is -2.37.